The molecule has 0 unspecified atom stereocenters. The highest BCUT2D eigenvalue weighted by Gasteiger charge is 2.35. The number of nitrogens with one attached hydrogen (secondary N) is 1. The van der Waals surface area contributed by atoms with Crippen LogP contribution in [-0.4, -0.2) is 31.2 Å². The van der Waals surface area contributed by atoms with Gasteiger partial charge >= 0.3 is 5.97 Å². The first-order chi connectivity index (χ1) is 12.2. The highest BCUT2D eigenvalue weighted by atomic mass is 16.6. The van der Waals surface area contributed by atoms with E-state index in [-0.39, 0.29) is 30.5 Å². The quantitative estimate of drug-likeness (QED) is 0.637. The van der Waals surface area contributed by atoms with E-state index in [1.807, 2.05) is 42.5 Å². The molecule has 1 aromatic rings. The van der Waals surface area contributed by atoms with E-state index in [0.717, 1.165) is 25.0 Å². The molecule has 1 N–H and O–H groups in total. The summed E-state index contributed by atoms with van der Waals surface area (Å²) >= 11 is 0. The summed E-state index contributed by atoms with van der Waals surface area (Å²) in [5.74, 6) is -1.17. The van der Waals surface area contributed by atoms with Crippen molar-refractivity contribution in [1.82, 2.24) is 5.32 Å². The summed E-state index contributed by atoms with van der Waals surface area (Å²) in [6.07, 6.45) is 7.00. The molecule has 5 heteroatoms. The second kappa shape index (κ2) is 8.81. The summed E-state index contributed by atoms with van der Waals surface area (Å²) in [6, 6.07) is 9.76. The molecule has 5 nitrogen and oxygen atoms in total. The number of hydrogen-bond donors (Lipinski definition) is 1. The Labute approximate surface area is 148 Å². The Kier molecular flexibility index (Phi) is 6.23. The fourth-order valence-corrected chi connectivity index (χ4v) is 3.34. The summed E-state index contributed by atoms with van der Waals surface area (Å²) in [6.45, 7) is 1.49. The Morgan fingerprint density at radius 1 is 1.12 bits per heavy atom. The maximum Gasteiger partial charge on any atom is 0.310 e. The molecule has 0 spiro atoms. The summed E-state index contributed by atoms with van der Waals surface area (Å²) in [7, 11) is 0. The van der Waals surface area contributed by atoms with E-state index < -0.39 is 5.92 Å². The van der Waals surface area contributed by atoms with Gasteiger partial charge in [-0.3, -0.25) is 9.59 Å². The van der Waals surface area contributed by atoms with E-state index in [2.05, 4.69) is 5.32 Å². The lowest BCUT2D eigenvalue weighted by atomic mass is 9.82. The van der Waals surface area contributed by atoms with Crippen LogP contribution in [0, 0.1) is 11.8 Å². The molecule has 25 heavy (non-hydrogen) atoms. The van der Waals surface area contributed by atoms with Crippen LogP contribution in [0.15, 0.2) is 42.5 Å². The number of benzene rings is 1. The normalized spacial score (nSPS) is 25.5. The molecular formula is C20H25NO4. The van der Waals surface area contributed by atoms with Gasteiger partial charge in [0.1, 0.15) is 6.61 Å². The molecule has 1 aliphatic carbocycles. The zero-order valence-electron chi connectivity index (χ0n) is 14.4. The van der Waals surface area contributed by atoms with Crippen molar-refractivity contribution in [2.24, 2.45) is 11.8 Å². The van der Waals surface area contributed by atoms with Crippen LogP contribution < -0.4 is 5.32 Å². The molecule has 1 fully saturated rings. The third kappa shape index (κ3) is 4.92. The molecule has 0 bridgehead atoms. The average Bonchev–Trinajstić information content (AvgIpc) is 3.18. The lowest BCUT2D eigenvalue weighted by Crippen LogP contribution is -2.39. The maximum absolute atomic E-state index is 12.6. The third-order valence-electron chi connectivity index (χ3n) is 4.82. The molecule has 0 radical (unpaired) electrons. The zero-order valence-corrected chi connectivity index (χ0v) is 14.4. The molecule has 3 atom stereocenters. The van der Waals surface area contributed by atoms with Gasteiger partial charge in [0.15, 0.2) is 0 Å². The summed E-state index contributed by atoms with van der Waals surface area (Å²) in [5, 5.41) is 2.95. The highest BCUT2D eigenvalue weighted by Crippen LogP contribution is 2.27. The van der Waals surface area contributed by atoms with Crippen molar-refractivity contribution in [3.05, 3.63) is 48.0 Å². The van der Waals surface area contributed by atoms with Gasteiger partial charge in [-0.2, -0.15) is 0 Å². The molecule has 1 amide bonds. The molecule has 3 rings (SSSR count). The number of amides is 1. The topological polar surface area (TPSA) is 64.6 Å². The fraction of sp³-hybridized carbons (Fsp3) is 0.500. The van der Waals surface area contributed by atoms with Crippen LogP contribution in [0.3, 0.4) is 0 Å². The van der Waals surface area contributed by atoms with Crippen molar-refractivity contribution in [3.8, 4) is 0 Å². The van der Waals surface area contributed by atoms with Gasteiger partial charge in [-0.1, -0.05) is 42.5 Å². The van der Waals surface area contributed by atoms with Crippen molar-refractivity contribution in [2.75, 3.05) is 13.2 Å². The van der Waals surface area contributed by atoms with Gasteiger partial charge in [-0.15, -0.1) is 0 Å². The lowest BCUT2D eigenvalue weighted by molar-refractivity contribution is -0.156. The van der Waals surface area contributed by atoms with Gasteiger partial charge in [-0.25, -0.2) is 0 Å². The molecule has 0 aromatic heterocycles. The largest absolute Gasteiger partial charge is 0.463 e. The zero-order chi connectivity index (χ0) is 17.5. The Bertz CT molecular complexity index is 607. The number of carbonyl (C=O) groups is 2. The minimum Gasteiger partial charge on any atom is -0.463 e. The van der Waals surface area contributed by atoms with Crippen LogP contribution in [0.25, 0.3) is 0 Å². The van der Waals surface area contributed by atoms with Crippen molar-refractivity contribution in [2.45, 2.75) is 38.3 Å². The number of ether oxygens (including phenoxy) is 2. The van der Waals surface area contributed by atoms with Gasteiger partial charge in [0.2, 0.25) is 5.91 Å². The standard InChI is InChI=1S/C20H25NO4/c22-19(21-13-15-7-2-1-3-8-15)17-10-4-5-11-18(17)20(23)25-14-16-9-6-12-24-16/h1-5,7-8,16-18H,6,9-14H2,(H,21,22)/t16-,17+,18+/m0/s1. The Morgan fingerprint density at radius 2 is 1.88 bits per heavy atom. The molecule has 1 aliphatic heterocycles. The van der Waals surface area contributed by atoms with Crippen LogP contribution in [0.2, 0.25) is 0 Å². The van der Waals surface area contributed by atoms with Gasteiger partial charge in [0.05, 0.1) is 17.9 Å². The predicted molar refractivity (Wildman–Crippen MR) is 93.6 cm³/mol. The summed E-state index contributed by atoms with van der Waals surface area (Å²) < 4.78 is 10.9. The van der Waals surface area contributed by atoms with Gasteiger partial charge in [-0.05, 0) is 31.2 Å². The van der Waals surface area contributed by atoms with Crippen molar-refractivity contribution in [3.63, 3.8) is 0 Å². The maximum atomic E-state index is 12.6. The molecule has 1 saturated heterocycles. The minimum atomic E-state index is -0.415. The smallest absolute Gasteiger partial charge is 0.310 e. The van der Waals surface area contributed by atoms with Crippen molar-refractivity contribution >= 4 is 11.9 Å². The van der Waals surface area contributed by atoms with E-state index in [1.165, 1.54) is 0 Å². The van der Waals surface area contributed by atoms with Crippen LogP contribution in [0.1, 0.15) is 31.2 Å². The minimum absolute atomic E-state index is 0.00781. The third-order valence-corrected chi connectivity index (χ3v) is 4.82. The van der Waals surface area contributed by atoms with Gasteiger partial charge < -0.3 is 14.8 Å². The Balaban J connectivity index is 1.53. The second-order valence-electron chi connectivity index (χ2n) is 6.62. The average molecular weight is 343 g/mol. The molecule has 1 aromatic carbocycles. The first kappa shape index (κ1) is 17.7. The molecule has 1 heterocycles. The molecule has 2 aliphatic rings. The van der Waals surface area contributed by atoms with Crippen LogP contribution in [0.4, 0.5) is 0 Å². The van der Waals surface area contributed by atoms with E-state index in [4.69, 9.17) is 9.47 Å². The molecule has 134 valence electrons. The molecule has 0 saturated carbocycles. The molecular weight excluding hydrogens is 318 g/mol. The number of esters is 1. The SMILES string of the molecule is O=C(NCc1ccccc1)[C@@H]1CC=CC[C@H]1C(=O)OC[C@@H]1CCCO1. The van der Waals surface area contributed by atoms with Crippen LogP contribution in [0.5, 0.6) is 0 Å². The highest BCUT2D eigenvalue weighted by molar-refractivity contribution is 5.86. The van der Waals surface area contributed by atoms with Gasteiger partial charge in [0, 0.05) is 13.2 Å². The van der Waals surface area contributed by atoms with E-state index in [9.17, 15) is 9.59 Å². The van der Waals surface area contributed by atoms with E-state index in [0.29, 0.717) is 19.4 Å². The predicted octanol–water partition coefficient (Wildman–Crippen LogP) is 2.61. The monoisotopic (exact) mass is 343 g/mol. The fourth-order valence-electron chi connectivity index (χ4n) is 3.34. The van der Waals surface area contributed by atoms with Crippen molar-refractivity contribution < 1.29 is 19.1 Å². The van der Waals surface area contributed by atoms with E-state index >= 15 is 0 Å². The Hall–Kier alpha value is -2.14. The number of hydrogen-bond acceptors (Lipinski definition) is 4. The first-order valence-corrected chi connectivity index (χ1v) is 8.99. The van der Waals surface area contributed by atoms with Crippen LogP contribution in [-0.2, 0) is 25.6 Å². The lowest BCUT2D eigenvalue weighted by Gasteiger charge is -2.26. The number of rotatable bonds is 6. The Morgan fingerprint density at radius 3 is 2.60 bits per heavy atom. The summed E-state index contributed by atoms with van der Waals surface area (Å²) in [5.41, 5.74) is 1.04. The van der Waals surface area contributed by atoms with Crippen LogP contribution >= 0.6 is 0 Å². The van der Waals surface area contributed by atoms with Gasteiger partial charge in [0.25, 0.3) is 0 Å². The summed E-state index contributed by atoms with van der Waals surface area (Å²) in [4.78, 5) is 25.0. The number of carbonyl (C=O) groups excluding carboxylic acids is 2. The first-order valence-electron chi connectivity index (χ1n) is 8.99. The second-order valence-corrected chi connectivity index (χ2v) is 6.62. The number of allylic oxidation sites excluding steroid dienone is 2. The van der Waals surface area contributed by atoms with E-state index in [1.54, 1.807) is 0 Å². The van der Waals surface area contributed by atoms with Crippen molar-refractivity contribution in [1.29, 1.82) is 0 Å².